The van der Waals surface area contributed by atoms with Crippen LogP contribution in [0.3, 0.4) is 0 Å². The Morgan fingerprint density at radius 1 is 1.17 bits per heavy atom. The van der Waals surface area contributed by atoms with Gasteiger partial charge in [0.05, 0.1) is 10.0 Å². The van der Waals surface area contributed by atoms with Gasteiger partial charge >= 0.3 is 0 Å². The van der Waals surface area contributed by atoms with Gasteiger partial charge in [0.1, 0.15) is 23.5 Å². The van der Waals surface area contributed by atoms with Crippen LogP contribution in [0.25, 0.3) is 0 Å². The molecule has 0 heterocycles. The van der Waals surface area contributed by atoms with Crippen molar-refractivity contribution in [2.75, 3.05) is 19.8 Å². The molecule has 0 unspecified atom stereocenters. The van der Waals surface area contributed by atoms with Crippen molar-refractivity contribution >= 4 is 46.4 Å². The molecule has 18 heavy (non-hydrogen) atoms. The van der Waals surface area contributed by atoms with Gasteiger partial charge in [0.25, 0.3) is 0 Å². The first kappa shape index (κ1) is 15.7. The number of halogens is 4. The van der Waals surface area contributed by atoms with E-state index in [2.05, 4.69) is 0 Å². The van der Waals surface area contributed by atoms with Crippen molar-refractivity contribution in [3.05, 3.63) is 32.7 Å². The number of hydrogen-bond acceptors (Lipinski definition) is 3. The second-order valence-electron chi connectivity index (χ2n) is 3.16. The first-order valence-electron chi connectivity index (χ1n) is 5.00. The molecule has 0 atom stereocenters. The summed E-state index contributed by atoms with van der Waals surface area (Å²) in [4.78, 5) is 0. The van der Waals surface area contributed by atoms with Crippen LogP contribution >= 0.6 is 46.4 Å². The SMILES string of the molecule is NCCOc1c(Cl)cc(OCC=C(Cl)Cl)cc1Cl. The third-order valence-corrected chi connectivity index (χ3v) is 2.69. The van der Waals surface area contributed by atoms with E-state index in [0.29, 0.717) is 34.7 Å². The third kappa shape index (κ3) is 5.12. The van der Waals surface area contributed by atoms with E-state index in [1.54, 1.807) is 12.1 Å². The van der Waals surface area contributed by atoms with Crippen molar-refractivity contribution in [1.82, 2.24) is 0 Å². The highest BCUT2D eigenvalue weighted by atomic mass is 35.5. The van der Waals surface area contributed by atoms with Crippen LogP contribution in [-0.2, 0) is 0 Å². The maximum absolute atomic E-state index is 6.01. The summed E-state index contributed by atoms with van der Waals surface area (Å²) in [5, 5.41) is 0.707. The first-order chi connectivity index (χ1) is 8.54. The molecule has 0 bridgehead atoms. The molecule has 0 saturated heterocycles. The van der Waals surface area contributed by atoms with E-state index in [0.717, 1.165) is 0 Å². The summed E-state index contributed by atoms with van der Waals surface area (Å²) in [7, 11) is 0. The molecule has 0 spiro atoms. The molecule has 1 aromatic carbocycles. The Labute approximate surface area is 125 Å². The molecule has 100 valence electrons. The zero-order valence-electron chi connectivity index (χ0n) is 9.26. The highest BCUT2D eigenvalue weighted by molar-refractivity contribution is 6.55. The number of rotatable bonds is 6. The Kier molecular flexibility index (Phi) is 6.97. The van der Waals surface area contributed by atoms with Crippen LogP contribution < -0.4 is 15.2 Å². The second-order valence-corrected chi connectivity index (χ2v) is 4.98. The molecule has 0 aromatic heterocycles. The second kappa shape index (κ2) is 7.97. The minimum atomic E-state index is 0.134. The lowest BCUT2D eigenvalue weighted by Crippen LogP contribution is -2.11. The van der Waals surface area contributed by atoms with Gasteiger partial charge in [-0.15, -0.1) is 0 Å². The van der Waals surface area contributed by atoms with Crippen molar-refractivity contribution in [3.63, 3.8) is 0 Å². The standard InChI is InChI=1S/C11H11Cl4NO2/c12-8-5-7(17-3-1-10(14)15)6-9(13)11(8)18-4-2-16/h1,5-6H,2-4,16H2. The van der Waals surface area contributed by atoms with E-state index < -0.39 is 0 Å². The predicted molar refractivity (Wildman–Crippen MR) is 76.3 cm³/mol. The number of hydrogen-bond donors (Lipinski definition) is 1. The lowest BCUT2D eigenvalue weighted by atomic mass is 10.3. The Bertz CT molecular complexity index is 410. The van der Waals surface area contributed by atoms with Gasteiger partial charge in [0.2, 0.25) is 0 Å². The Morgan fingerprint density at radius 3 is 2.28 bits per heavy atom. The molecule has 0 fully saturated rings. The van der Waals surface area contributed by atoms with Gasteiger partial charge in [0.15, 0.2) is 5.75 Å². The van der Waals surface area contributed by atoms with Crippen LogP contribution in [-0.4, -0.2) is 19.8 Å². The van der Waals surface area contributed by atoms with Crippen LogP contribution in [0.1, 0.15) is 0 Å². The van der Waals surface area contributed by atoms with E-state index in [1.165, 1.54) is 6.08 Å². The van der Waals surface area contributed by atoms with E-state index in [-0.39, 0.29) is 11.1 Å². The largest absolute Gasteiger partial charge is 0.489 e. The van der Waals surface area contributed by atoms with Crippen molar-refractivity contribution in [3.8, 4) is 11.5 Å². The summed E-state index contributed by atoms with van der Waals surface area (Å²) in [5.74, 6) is 0.887. The summed E-state index contributed by atoms with van der Waals surface area (Å²) in [6, 6.07) is 3.19. The first-order valence-corrected chi connectivity index (χ1v) is 6.51. The quantitative estimate of drug-likeness (QED) is 0.856. The number of benzene rings is 1. The molecule has 0 saturated carbocycles. The molecular formula is C11H11Cl4NO2. The Balaban J connectivity index is 2.76. The summed E-state index contributed by atoms with van der Waals surface area (Å²) in [5.41, 5.74) is 5.33. The minimum absolute atomic E-state index is 0.134. The van der Waals surface area contributed by atoms with Crippen LogP contribution in [0, 0.1) is 0 Å². The van der Waals surface area contributed by atoms with Gasteiger partial charge in [0, 0.05) is 18.7 Å². The van der Waals surface area contributed by atoms with Crippen molar-refractivity contribution in [2.24, 2.45) is 5.73 Å². The molecule has 1 rings (SSSR count). The van der Waals surface area contributed by atoms with Crippen LogP contribution in [0.15, 0.2) is 22.7 Å². The van der Waals surface area contributed by atoms with Crippen molar-refractivity contribution < 1.29 is 9.47 Å². The van der Waals surface area contributed by atoms with Gasteiger partial charge in [-0.1, -0.05) is 46.4 Å². The maximum Gasteiger partial charge on any atom is 0.156 e. The van der Waals surface area contributed by atoms with Gasteiger partial charge in [-0.3, -0.25) is 0 Å². The lowest BCUT2D eigenvalue weighted by molar-refractivity contribution is 0.326. The monoisotopic (exact) mass is 329 g/mol. The summed E-state index contributed by atoms with van der Waals surface area (Å²) in [6.45, 7) is 0.937. The summed E-state index contributed by atoms with van der Waals surface area (Å²) < 4.78 is 10.8. The fourth-order valence-electron chi connectivity index (χ4n) is 1.12. The zero-order chi connectivity index (χ0) is 13.5. The topological polar surface area (TPSA) is 44.5 Å². The van der Waals surface area contributed by atoms with E-state index in [4.69, 9.17) is 61.6 Å². The third-order valence-electron chi connectivity index (χ3n) is 1.82. The number of nitrogens with two attached hydrogens (primary N) is 1. The summed E-state index contributed by atoms with van der Waals surface area (Å²) >= 11 is 22.9. The molecular weight excluding hydrogens is 320 g/mol. The van der Waals surface area contributed by atoms with E-state index in [1.807, 2.05) is 0 Å². The van der Waals surface area contributed by atoms with Gasteiger partial charge in [-0.05, 0) is 6.08 Å². The fourth-order valence-corrected chi connectivity index (χ4v) is 1.82. The molecule has 0 aliphatic rings. The van der Waals surface area contributed by atoms with Crippen molar-refractivity contribution in [1.29, 1.82) is 0 Å². The molecule has 0 radical (unpaired) electrons. The average molecular weight is 331 g/mol. The highest BCUT2D eigenvalue weighted by Gasteiger charge is 2.10. The van der Waals surface area contributed by atoms with Gasteiger partial charge < -0.3 is 15.2 Å². The lowest BCUT2D eigenvalue weighted by Gasteiger charge is -2.11. The Hall–Kier alpha value is -0.320. The summed E-state index contributed by atoms with van der Waals surface area (Å²) in [6.07, 6.45) is 1.50. The number of ether oxygens (including phenoxy) is 2. The highest BCUT2D eigenvalue weighted by Crippen LogP contribution is 2.36. The molecule has 0 aliphatic heterocycles. The molecule has 0 amide bonds. The van der Waals surface area contributed by atoms with E-state index in [9.17, 15) is 0 Å². The van der Waals surface area contributed by atoms with Crippen LogP contribution in [0.5, 0.6) is 11.5 Å². The zero-order valence-corrected chi connectivity index (χ0v) is 12.3. The normalized spacial score (nSPS) is 10.1. The maximum atomic E-state index is 6.01. The molecule has 2 N–H and O–H groups in total. The van der Waals surface area contributed by atoms with Gasteiger partial charge in [-0.25, -0.2) is 0 Å². The van der Waals surface area contributed by atoms with Crippen molar-refractivity contribution in [2.45, 2.75) is 0 Å². The minimum Gasteiger partial charge on any atom is -0.489 e. The smallest absolute Gasteiger partial charge is 0.156 e. The average Bonchev–Trinajstić information content (AvgIpc) is 2.27. The molecule has 1 aromatic rings. The Morgan fingerprint density at radius 2 is 1.78 bits per heavy atom. The van der Waals surface area contributed by atoms with E-state index >= 15 is 0 Å². The molecule has 7 heteroatoms. The fraction of sp³-hybridized carbons (Fsp3) is 0.273. The predicted octanol–water partition coefficient (Wildman–Crippen LogP) is 4.03. The van der Waals surface area contributed by atoms with Gasteiger partial charge in [-0.2, -0.15) is 0 Å². The van der Waals surface area contributed by atoms with Crippen LogP contribution in [0.2, 0.25) is 10.0 Å². The molecule has 0 aliphatic carbocycles. The molecule has 3 nitrogen and oxygen atoms in total. The van der Waals surface area contributed by atoms with Crippen LogP contribution in [0.4, 0.5) is 0 Å².